The van der Waals surface area contributed by atoms with Crippen LogP contribution in [0.4, 0.5) is 5.13 Å². The molecule has 1 aliphatic rings. The quantitative estimate of drug-likeness (QED) is 0.904. The molecular weight excluding hydrogens is 274 g/mol. The van der Waals surface area contributed by atoms with Gasteiger partial charge in [0.25, 0.3) is 0 Å². The van der Waals surface area contributed by atoms with E-state index >= 15 is 0 Å². The highest BCUT2D eigenvalue weighted by molar-refractivity contribution is 7.17. The van der Waals surface area contributed by atoms with E-state index in [2.05, 4.69) is 28.6 Å². The molecule has 1 unspecified atom stereocenters. The second-order valence-electron chi connectivity index (χ2n) is 5.25. The van der Waals surface area contributed by atoms with Crippen LogP contribution in [-0.4, -0.2) is 53.2 Å². The lowest BCUT2D eigenvalue weighted by Crippen LogP contribution is -2.51. The van der Waals surface area contributed by atoms with Crippen molar-refractivity contribution in [1.29, 1.82) is 0 Å². The molecule has 2 heterocycles. The van der Waals surface area contributed by atoms with Crippen LogP contribution in [0.1, 0.15) is 42.6 Å². The molecule has 2 rings (SSSR count). The number of carboxylic acids is 1. The smallest absolute Gasteiger partial charge is 0.347 e. The van der Waals surface area contributed by atoms with E-state index in [9.17, 15) is 9.90 Å². The molecular formula is C14H23N3O2S. The van der Waals surface area contributed by atoms with Crippen molar-refractivity contribution < 1.29 is 9.90 Å². The SMILES string of the molecule is CCCc1nc(N2CCN(CC)C(C)C2)sc1C(=O)O. The number of thiazole rings is 1. The summed E-state index contributed by atoms with van der Waals surface area (Å²) in [7, 11) is 0. The summed E-state index contributed by atoms with van der Waals surface area (Å²) in [6.45, 7) is 10.4. The van der Waals surface area contributed by atoms with Gasteiger partial charge in [0.1, 0.15) is 4.88 Å². The van der Waals surface area contributed by atoms with E-state index in [1.807, 2.05) is 6.92 Å². The molecule has 1 fully saturated rings. The molecule has 112 valence electrons. The lowest BCUT2D eigenvalue weighted by molar-refractivity contribution is 0.0700. The number of aromatic nitrogens is 1. The summed E-state index contributed by atoms with van der Waals surface area (Å²) in [6.07, 6.45) is 1.66. The van der Waals surface area contributed by atoms with E-state index in [1.165, 1.54) is 11.3 Å². The molecule has 0 aromatic carbocycles. The van der Waals surface area contributed by atoms with Crippen molar-refractivity contribution in [1.82, 2.24) is 9.88 Å². The molecule has 1 saturated heterocycles. The van der Waals surface area contributed by atoms with Crippen molar-refractivity contribution in [3.63, 3.8) is 0 Å². The number of carbonyl (C=O) groups is 1. The Hall–Kier alpha value is -1.14. The van der Waals surface area contributed by atoms with Crippen molar-refractivity contribution in [3.8, 4) is 0 Å². The molecule has 1 aromatic heterocycles. The van der Waals surface area contributed by atoms with Gasteiger partial charge >= 0.3 is 5.97 Å². The van der Waals surface area contributed by atoms with E-state index in [0.717, 1.165) is 49.8 Å². The first-order chi connectivity index (χ1) is 9.56. The van der Waals surface area contributed by atoms with Crippen LogP contribution in [0.3, 0.4) is 0 Å². The molecule has 0 bridgehead atoms. The third-order valence-corrected chi connectivity index (χ3v) is 4.96. The minimum Gasteiger partial charge on any atom is -0.477 e. The Morgan fingerprint density at radius 2 is 2.20 bits per heavy atom. The number of piperazine rings is 1. The number of hydrogen-bond donors (Lipinski definition) is 1. The van der Waals surface area contributed by atoms with Gasteiger partial charge in [-0.05, 0) is 19.9 Å². The number of nitrogens with zero attached hydrogens (tertiary/aromatic N) is 3. The number of likely N-dealkylation sites (N-methyl/N-ethyl adjacent to an activating group) is 1. The molecule has 20 heavy (non-hydrogen) atoms. The second-order valence-corrected chi connectivity index (χ2v) is 6.23. The molecule has 0 spiro atoms. The molecule has 0 aliphatic carbocycles. The average Bonchev–Trinajstić information content (AvgIpc) is 2.83. The lowest BCUT2D eigenvalue weighted by atomic mass is 10.2. The zero-order valence-electron chi connectivity index (χ0n) is 12.4. The van der Waals surface area contributed by atoms with E-state index in [0.29, 0.717) is 10.9 Å². The summed E-state index contributed by atoms with van der Waals surface area (Å²) in [4.78, 5) is 21.0. The molecule has 0 amide bonds. The zero-order valence-corrected chi connectivity index (χ0v) is 13.2. The first-order valence-corrected chi connectivity index (χ1v) is 8.10. The van der Waals surface area contributed by atoms with Gasteiger partial charge in [0, 0.05) is 25.7 Å². The van der Waals surface area contributed by atoms with Gasteiger partial charge in [-0.1, -0.05) is 31.6 Å². The number of hydrogen-bond acceptors (Lipinski definition) is 5. The topological polar surface area (TPSA) is 56.7 Å². The van der Waals surface area contributed by atoms with E-state index in [1.54, 1.807) is 0 Å². The molecule has 1 aromatic rings. The van der Waals surface area contributed by atoms with Crippen LogP contribution in [-0.2, 0) is 6.42 Å². The Morgan fingerprint density at radius 3 is 2.75 bits per heavy atom. The minimum absolute atomic E-state index is 0.410. The molecule has 6 heteroatoms. The molecule has 5 nitrogen and oxygen atoms in total. The van der Waals surface area contributed by atoms with E-state index in [-0.39, 0.29) is 0 Å². The summed E-state index contributed by atoms with van der Waals surface area (Å²) in [5.41, 5.74) is 0.741. The van der Waals surface area contributed by atoms with Crippen molar-refractivity contribution in [2.75, 3.05) is 31.1 Å². The van der Waals surface area contributed by atoms with Crippen molar-refractivity contribution in [2.24, 2.45) is 0 Å². The zero-order chi connectivity index (χ0) is 14.7. The summed E-state index contributed by atoms with van der Waals surface area (Å²) < 4.78 is 0. The number of aromatic carboxylic acids is 1. The predicted molar refractivity (Wildman–Crippen MR) is 82.0 cm³/mol. The summed E-state index contributed by atoms with van der Waals surface area (Å²) >= 11 is 1.32. The Kier molecular flexibility index (Phi) is 4.99. The number of anilines is 1. The number of aryl methyl sites for hydroxylation is 1. The Morgan fingerprint density at radius 1 is 1.45 bits per heavy atom. The Bertz CT molecular complexity index is 475. The average molecular weight is 297 g/mol. The standard InChI is InChI=1S/C14H23N3O2S/c1-4-6-11-12(13(18)19)20-14(15-11)17-8-7-16(5-2)10(3)9-17/h10H,4-9H2,1-3H3,(H,18,19). The monoisotopic (exact) mass is 297 g/mol. The predicted octanol–water partition coefficient (Wildman–Crippen LogP) is 2.32. The van der Waals surface area contributed by atoms with Crippen LogP contribution in [0.15, 0.2) is 0 Å². The highest BCUT2D eigenvalue weighted by Gasteiger charge is 2.26. The second kappa shape index (κ2) is 6.54. The van der Waals surface area contributed by atoms with Gasteiger partial charge in [-0.3, -0.25) is 4.90 Å². The van der Waals surface area contributed by atoms with Gasteiger partial charge in [-0.15, -0.1) is 0 Å². The number of rotatable bonds is 5. The lowest BCUT2D eigenvalue weighted by Gasteiger charge is -2.39. The van der Waals surface area contributed by atoms with E-state index in [4.69, 9.17) is 0 Å². The van der Waals surface area contributed by atoms with Crippen LogP contribution < -0.4 is 4.90 Å². The highest BCUT2D eigenvalue weighted by atomic mass is 32.1. The maximum absolute atomic E-state index is 11.3. The minimum atomic E-state index is -0.850. The molecule has 1 N–H and O–H groups in total. The summed E-state index contributed by atoms with van der Waals surface area (Å²) in [5, 5.41) is 10.1. The Balaban J connectivity index is 2.17. The van der Waals surface area contributed by atoms with Crippen LogP contribution in [0.2, 0.25) is 0 Å². The van der Waals surface area contributed by atoms with Gasteiger partial charge in [-0.2, -0.15) is 0 Å². The summed E-state index contributed by atoms with van der Waals surface area (Å²) in [5.74, 6) is -0.850. The first-order valence-electron chi connectivity index (χ1n) is 7.28. The highest BCUT2D eigenvalue weighted by Crippen LogP contribution is 2.29. The van der Waals surface area contributed by atoms with Crippen LogP contribution in [0.5, 0.6) is 0 Å². The fourth-order valence-corrected chi connectivity index (χ4v) is 3.67. The molecule has 1 aliphatic heterocycles. The first kappa shape index (κ1) is 15.3. The fraction of sp³-hybridized carbons (Fsp3) is 0.714. The third kappa shape index (κ3) is 3.12. The Labute approximate surface area is 124 Å². The van der Waals surface area contributed by atoms with Gasteiger partial charge in [0.2, 0.25) is 0 Å². The van der Waals surface area contributed by atoms with Gasteiger partial charge in [0.15, 0.2) is 5.13 Å². The van der Waals surface area contributed by atoms with Crippen molar-refractivity contribution >= 4 is 22.4 Å². The molecule has 1 atom stereocenters. The van der Waals surface area contributed by atoms with E-state index < -0.39 is 5.97 Å². The maximum atomic E-state index is 11.3. The molecule has 0 saturated carbocycles. The van der Waals surface area contributed by atoms with Gasteiger partial charge < -0.3 is 10.0 Å². The van der Waals surface area contributed by atoms with Crippen LogP contribution >= 0.6 is 11.3 Å². The van der Waals surface area contributed by atoms with Gasteiger partial charge in [-0.25, -0.2) is 9.78 Å². The molecule has 0 radical (unpaired) electrons. The fourth-order valence-electron chi connectivity index (χ4n) is 2.69. The normalized spacial score (nSPS) is 20.4. The largest absolute Gasteiger partial charge is 0.477 e. The van der Waals surface area contributed by atoms with Crippen LogP contribution in [0.25, 0.3) is 0 Å². The van der Waals surface area contributed by atoms with Crippen molar-refractivity contribution in [3.05, 3.63) is 10.6 Å². The van der Waals surface area contributed by atoms with Crippen molar-refractivity contribution in [2.45, 2.75) is 39.7 Å². The van der Waals surface area contributed by atoms with Gasteiger partial charge in [0.05, 0.1) is 5.69 Å². The number of carboxylic acid groups (broad SMARTS) is 1. The third-order valence-electron chi connectivity index (χ3n) is 3.81. The van der Waals surface area contributed by atoms with Crippen LogP contribution in [0, 0.1) is 0 Å². The summed E-state index contributed by atoms with van der Waals surface area (Å²) in [6, 6.07) is 0.487. The maximum Gasteiger partial charge on any atom is 0.347 e.